The van der Waals surface area contributed by atoms with E-state index in [1.807, 2.05) is 28.8 Å². The summed E-state index contributed by atoms with van der Waals surface area (Å²) >= 11 is 0. The van der Waals surface area contributed by atoms with Crippen molar-refractivity contribution in [3.63, 3.8) is 0 Å². The van der Waals surface area contributed by atoms with E-state index >= 15 is 0 Å². The monoisotopic (exact) mass is 669 g/mol. The predicted molar refractivity (Wildman–Crippen MR) is 182 cm³/mol. The van der Waals surface area contributed by atoms with Gasteiger partial charge in [0.2, 0.25) is 5.72 Å². The van der Waals surface area contributed by atoms with Crippen LogP contribution in [0.3, 0.4) is 0 Å². The smallest absolute Gasteiger partial charge is 0.359 e. The largest absolute Gasteiger partial charge is 0.493 e. The summed E-state index contributed by atoms with van der Waals surface area (Å²) < 4.78 is 18.6. The molecule has 0 unspecified atom stereocenters. The molecule has 2 bridgehead atoms. The number of rotatable bonds is 3. The molecule has 49 heavy (non-hydrogen) atoms. The van der Waals surface area contributed by atoms with Crippen molar-refractivity contribution < 1.29 is 34.0 Å². The van der Waals surface area contributed by atoms with Crippen molar-refractivity contribution in [3.05, 3.63) is 58.8 Å². The van der Waals surface area contributed by atoms with E-state index in [2.05, 4.69) is 35.9 Å². The van der Waals surface area contributed by atoms with E-state index in [0.717, 1.165) is 74.9 Å². The summed E-state index contributed by atoms with van der Waals surface area (Å²) in [4.78, 5) is 30.3. The normalized spacial score (nSPS) is 36.6. The van der Waals surface area contributed by atoms with Crippen molar-refractivity contribution in [3.8, 4) is 11.5 Å². The zero-order chi connectivity index (χ0) is 34.1. The number of para-hydroxylation sites is 1. The molecular formula is C39H47N3O7. The minimum atomic E-state index is -1.63. The summed E-state index contributed by atoms with van der Waals surface area (Å²) in [6.45, 7) is 5.23. The minimum absolute atomic E-state index is 0.0438. The number of esters is 1. The number of likely N-dealkylation sites (N-methyl/N-ethyl adjacent to an activating group) is 1. The standard InChI is InChI=1S/C21H26N2O3.C18H21NO4/c1-3-20-10-6-11-22-12-9-15-14-7-4-5-8-16(14)23(17(15)18(20)22)21(25,13-20)19(24)26-2;1-19-8-7-17-14-10-3-4-12(22-2)15(14)23-16(17)11(20)5-6-18(17,21)13(19)9-10/h4-5,7-8,18,25H,3,6,9-13H2,1-2H3;3-4,13,16,21H,5-9H2,1-2H3/t18-,20+,21+;13-,16+,17+,18-/m11/s1. The van der Waals surface area contributed by atoms with Crippen LogP contribution in [0, 0.1) is 5.41 Å². The molecular weight excluding hydrogens is 622 g/mol. The lowest BCUT2D eigenvalue weighted by molar-refractivity contribution is -0.194. The highest BCUT2D eigenvalue weighted by Crippen LogP contribution is 2.65. The number of hydrogen-bond acceptors (Lipinski definition) is 9. The summed E-state index contributed by atoms with van der Waals surface area (Å²) in [7, 11) is 5.07. The number of nitrogens with zero attached hydrogens (tertiary/aromatic N) is 3. The second-order valence-corrected chi connectivity index (χ2v) is 15.7. The van der Waals surface area contributed by atoms with Gasteiger partial charge >= 0.3 is 5.97 Å². The first-order valence-corrected chi connectivity index (χ1v) is 18.1. The third-order valence-corrected chi connectivity index (χ3v) is 13.9. The Balaban J connectivity index is 0.000000134. The van der Waals surface area contributed by atoms with Crippen LogP contribution in [0.5, 0.6) is 11.5 Å². The van der Waals surface area contributed by atoms with Gasteiger partial charge in [-0.3, -0.25) is 9.69 Å². The molecule has 1 saturated carbocycles. The summed E-state index contributed by atoms with van der Waals surface area (Å²) in [5.74, 6) is 0.922. The summed E-state index contributed by atoms with van der Waals surface area (Å²) in [5, 5.41) is 24.6. The van der Waals surface area contributed by atoms with Crippen LogP contribution in [0.1, 0.15) is 80.3 Å². The first-order chi connectivity index (χ1) is 23.6. The van der Waals surface area contributed by atoms with E-state index in [1.165, 1.54) is 23.6 Å². The molecule has 0 amide bonds. The van der Waals surface area contributed by atoms with Gasteiger partial charge in [0.15, 0.2) is 23.4 Å². The number of piperidine rings is 2. The Morgan fingerprint density at radius 3 is 2.63 bits per heavy atom. The summed E-state index contributed by atoms with van der Waals surface area (Å²) in [5.41, 5.74) is 2.43. The molecule has 260 valence electrons. The molecule has 2 aliphatic carbocycles. The molecule has 2 N–H and O–H groups in total. The number of likely N-dealkylation sites (tertiary alicyclic amines) is 1. The van der Waals surface area contributed by atoms with Crippen LogP contribution in [0.25, 0.3) is 10.9 Å². The maximum atomic E-state index is 12.8. The molecule has 7 aliphatic rings. The van der Waals surface area contributed by atoms with Gasteiger partial charge in [0, 0.05) is 42.1 Å². The third-order valence-electron chi connectivity index (χ3n) is 13.9. The number of ether oxygens (including phenoxy) is 3. The van der Waals surface area contributed by atoms with Gasteiger partial charge in [0.05, 0.1) is 36.8 Å². The quantitative estimate of drug-likeness (QED) is 0.400. The van der Waals surface area contributed by atoms with Crippen molar-refractivity contribution in [2.24, 2.45) is 5.41 Å². The number of aliphatic hydroxyl groups is 2. The minimum Gasteiger partial charge on any atom is -0.493 e. The lowest BCUT2D eigenvalue weighted by atomic mass is 9.49. The molecule has 6 heterocycles. The molecule has 10 rings (SSSR count). The molecule has 0 radical (unpaired) electrons. The van der Waals surface area contributed by atoms with E-state index in [4.69, 9.17) is 14.2 Å². The highest BCUT2D eigenvalue weighted by molar-refractivity contribution is 5.91. The first kappa shape index (κ1) is 31.5. The fourth-order valence-corrected chi connectivity index (χ4v) is 11.8. The highest BCUT2D eigenvalue weighted by Gasteiger charge is 2.73. The van der Waals surface area contributed by atoms with Crippen LogP contribution in [0.15, 0.2) is 36.4 Å². The van der Waals surface area contributed by atoms with Crippen LogP contribution >= 0.6 is 0 Å². The number of carbonyl (C=O) groups is 2. The molecule has 7 atom stereocenters. The van der Waals surface area contributed by atoms with Gasteiger partial charge < -0.3 is 33.9 Å². The lowest BCUT2D eigenvalue weighted by Gasteiger charge is -2.62. The van der Waals surface area contributed by atoms with Crippen molar-refractivity contribution in [2.75, 3.05) is 40.9 Å². The average Bonchev–Trinajstić information content (AvgIpc) is 3.66. The van der Waals surface area contributed by atoms with E-state index < -0.39 is 28.8 Å². The zero-order valence-corrected chi connectivity index (χ0v) is 29.0. The lowest BCUT2D eigenvalue weighted by Crippen LogP contribution is -2.76. The van der Waals surface area contributed by atoms with E-state index in [1.54, 1.807) is 7.11 Å². The van der Waals surface area contributed by atoms with Crippen LogP contribution in [-0.2, 0) is 38.3 Å². The van der Waals surface area contributed by atoms with Gasteiger partial charge in [-0.2, -0.15) is 0 Å². The van der Waals surface area contributed by atoms with Gasteiger partial charge in [-0.1, -0.05) is 31.2 Å². The molecule has 1 spiro atoms. The molecule has 10 heteroatoms. The summed E-state index contributed by atoms with van der Waals surface area (Å²) in [6, 6.07) is 12.5. The highest BCUT2D eigenvalue weighted by atomic mass is 16.5. The number of fused-ring (bicyclic) bond motifs is 3. The van der Waals surface area contributed by atoms with Gasteiger partial charge in [0.25, 0.3) is 0 Å². The second kappa shape index (κ2) is 10.5. The third kappa shape index (κ3) is 3.76. The molecule has 3 fully saturated rings. The summed E-state index contributed by atoms with van der Waals surface area (Å²) in [6.07, 6.45) is 6.41. The second-order valence-electron chi connectivity index (χ2n) is 15.7. The first-order valence-electron chi connectivity index (χ1n) is 18.1. The number of carbonyl (C=O) groups excluding carboxylic acids is 2. The van der Waals surface area contributed by atoms with Crippen LogP contribution in [-0.4, -0.2) is 95.0 Å². The number of hydrogen-bond donors (Lipinski definition) is 2. The van der Waals surface area contributed by atoms with Gasteiger partial charge in [-0.05, 0) is 93.8 Å². The number of ketones is 1. The number of Topliss-reactive ketones (excluding diaryl/α,β-unsaturated/α-hetero) is 1. The van der Waals surface area contributed by atoms with Gasteiger partial charge in [0.1, 0.15) is 0 Å². The molecule has 1 aromatic heterocycles. The Morgan fingerprint density at radius 1 is 1.04 bits per heavy atom. The topological polar surface area (TPSA) is 114 Å². The van der Waals surface area contributed by atoms with Crippen LogP contribution in [0.2, 0.25) is 0 Å². The molecule has 10 nitrogen and oxygen atoms in total. The zero-order valence-electron chi connectivity index (χ0n) is 29.0. The van der Waals surface area contributed by atoms with E-state index in [-0.39, 0.29) is 23.3 Å². The van der Waals surface area contributed by atoms with E-state index in [0.29, 0.717) is 30.8 Å². The van der Waals surface area contributed by atoms with Crippen LogP contribution < -0.4 is 9.47 Å². The fourth-order valence-electron chi connectivity index (χ4n) is 11.8. The maximum Gasteiger partial charge on any atom is 0.359 e. The number of aromatic nitrogens is 1. The van der Waals surface area contributed by atoms with E-state index in [9.17, 15) is 19.8 Å². The Labute approximate surface area is 286 Å². The average molecular weight is 670 g/mol. The predicted octanol–water partition coefficient (Wildman–Crippen LogP) is 4.00. The SMILES string of the molecule is CC[C@]12CCCN3CCc4c(n(c5ccccc45)[C@@](O)(C(=O)OC)C1)[C@@H]32.COc1ccc2c3c1O[C@H]1C(=O)CC[C@@]4(O)[C@@H](C2)N(C)CC[C@]314. The molecule has 5 aliphatic heterocycles. The Hall–Kier alpha value is -3.44. The van der Waals surface area contributed by atoms with Gasteiger partial charge in [-0.15, -0.1) is 0 Å². The molecule has 3 aromatic rings. The van der Waals surface area contributed by atoms with Crippen molar-refractivity contribution in [2.45, 2.75) is 99.6 Å². The Morgan fingerprint density at radius 2 is 1.86 bits per heavy atom. The number of benzene rings is 2. The molecule has 2 aromatic carbocycles. The fraction of sp³-hybridized carbons (Fsp3) is 0.590. The van der Waals surface area contributed by atoms with Crippen molar-refractivity contribution >= 4 is 22.7 Å². The Kier molecular flexibility index (Phi) is 6.78. The number of methoxy groups -OCH3 is 2. The van der Waals surface area contributed by atoms with Crippen molar-refractivity contribution in [1.29, 1.82) is 0 Å². The molecule has 2 saturated heterocycles. The Bertz CT molecular complexity index is 1910. The van der Waals surface area contributed by atoms with Crippen molar-refractivity contribution in [1.82, 2.24) is 14.4 Å². The van der Waals surface area contributed by atoms with Gasteiger partial charge in [-0.25, -0.2) is 4.79 Å². The maximum absolute atomic E-state index is 12.8. The van der Waals surface area contributed by atoms with Crippen LogP contribution in [0.4, 0.5) is 0 Å².